The molecule has 2 aromatic rings. The highest BCUT2D eigenvalue weighted by Gasteiger charge is 2.12. The Kier molecular flexibility index (Phi) is 4.20. The molecule has 0 saturated carbocycles. The van der Waals surface area contributed by atoms with Gasteiger partial charge in [-0.25, -0.2) is 4.68 Å². The Labute approximate surface area is 119 Å². The van der Waals surface area contributed by atoms with E-state index in [1.807, 2.05) is 42.9 Å². The molecule has 0 aliphatic rings. The molecule has 1 heterocycles. The smallest absolute Gasteiger partial charge is 0.221 e. The molecule has 0 aliphatic heterocycles. The molecule has 0 saturated heterocycles. The average molecular weight is 272 g/mol. The number of hydrogen-bond donors (Lipinski definition) is 2. The summed E-state index contributed by atoms with van der Waals surface area (Å²) in [6.45, 7) is 6.36. The average Bonchev–Trinajstić information content (AvgIpc) is 2.67. The molecule has 1 aromatic carbocycles. The first kappa shape index (κ1) is 14.3. The second-order valence-electron chi connectivity index (χ2n) is 4.82. The van der Waals surface area contributed by atoms with Crippen LogP contribution in [-0.4, -0.2) is 22.7 Å². The van der Waals surface area contributed by atoms with Crippen molar-refractivity contribution in [2.75, 3.05) is 12.4 Å². The summed E-state index contributed by atoms with van der Waals surface area (Å²) in [6, 6.07) is 7.68. The van der Waals surface area contributed by atoms with Crippen LogP contribution in [0.5, 0.6) is 0 Å². The monoisotopic (exact) mass is 272 g/mol. The zero-order valence-corrected chi connectivity index (χ0v) is 12.3. The van der Waals surface area contributed by atoms with Crippen molar-refractivity contribution in [3.63, 3.8) is 0 Å². The first-order chi connectivity index (χ1) is 9.52. The normalized spacial score (nSPS) is 10.6. The molecule has 5 heteroatoms. The van der Waals surface area contributed by atoms with Crippen LogP contribution in [0, 0.1) is 13.8 Å². The van der Waals surface area contributed by atoms with Crippen LogP contribution in [-0.2, 0) is 11.3 Å². The van der Waals surface area contributed by atoms with Crippen LogP contribution in [0.2, 0.25) is 0 Å². The van der Waals surface area contributed by atoms with Gasteiger partial charge in [0.1, 0.15) is 0 Å². The van der Waals surface area contributed by atoms with Gasteiger partial charge in [0.15, 0.2) is 0 Å². The lowest BCUT2D eigenvalue weighted by Gasteiger charge is -2.08. The molecular weight excluding hydrogens is 252 g/mol. The molecule has 0 fully saturated rings. The minimum Gasteiger partial charge on any atom is -0.326 e. The Balaban J connectivity index is 2.41. The van der Waals surface area contributed by atoms with Gasteiger partial charge >= 0.3 is 0 Å². The fraction of sp³-hybridized carbons (Fsp3) is 0.333. The van der Waals surface area contributed by atoms with Gasteiger partial charge in [-0.15, -0.1) is 0 Å². The molecular formula is C15H20N4O. The van der Waals surface area contributed by atoms with E-state index < -0.39 is 0 Å². The molecule has 2 N–H and O–H groups in total. The molecule has 106 valence electrons. The minimum atomic E-state index is -0.0774. The van der Waals surface area contributed by atoms with Crippen LogP contribution < -0.4 is 10.6 Å². The summed E-state index contributed by atoms with van der Waals surface area (Å²) in [5.74, 6) is -0.0774. The Bertz CT molecular complexity index is 631. The maximum atomic E-state index is 11.1. The second-order valence-corrected chi connectivity index (χ2v) is 4.82. The summed E-state index contributed by atoms with van der Waals surface area (Å²) in [5, 5.41) is 10.5. The van der Waals surface area contributed by atoms with Gasteiger partial charge < -0.3 is 10.6 Å². The van der Waals surface area contributed by atoms with Crippen LogP contribution in [0.25, 0.3) is 5.69 Å². The molecule has 1 amide bonds. The zero-order chi connectivity index (χ0) is 14.7. The number of benzene rings is 1. The van der Waals surface area contributed by atoms with Crippen molar-refractivity contribution >= 4 is 11.6 Å². The van der Waals surface area contributed by atoms with E-state index >= 15 is 0 Å². The van der Waals surface area contributed by atoms with Gasteiger partial charge in [0.25, 0.3) is 0 Å². The van der Waals surface area contributed by atoms with Crippen LogP contribution in [0.3, 0.4) is 0 Å². The van der Waals surface area contributed by atoms with Crippen molar-refractivity contribution in [1.29, 1.82) is 0 Å². The zero-order valence-electron chi connectivity index (χ0n) is 12.3. The number of anilines is 1. The highest BCUT2D eigenvalue weighted by atomic mass is 16.1. The van der Waals surface area contributed by atoms with E-state index in [0.29, 0.717) is 0 Å². The first-order valence-corrected chi connectivity index (χ1v) is 6.60. The molecule has 0 radical (unpaired) electrons. The summed E-state index contributed by atoms with van der Waals surface area (Å²) in [4.78, 5) is 11.1. The van der Waals surface area contributed by atoms with Gasteiger partial charge in [-0.1, -0.05) is 6.07 Å². The van der Waals surface area contributed by atoms with Crippen molar-refractivity contribution in [2.24, 2.45) is 0 Å². The second kappa shape index (κ2) is 5.88. The van der Waals surface area contributed by atoms with E-state index in [0.717, 1.165) is 29.3 Å². The molecule has 1 aromatic heterocycles. The van der Waals surface area contributed by atoms with E-state index in [1.165, 1.54) is 12.5 Å². The quantitative estimate of drug-likeness (QED) is 0.896. The van der Waals surface area contributed by atoms with Crippen molar-refractivity contribution in [2.45, 2.75) is 27.3 Å². The number of carbonyl (C=O) groups excluding carboxylic acids is 1. The van der Waals surface area contributed by atoms with E-state index in [9.17, 15) is 4.79 Å². The number of amides is 1. The number of hydrogen-bond acceptors (Lipinski definition) is 3. The summed E-state index contributed by atoms with van der Waals surface area (Å²) in [5.41, 5.74) is 5.05. The topological polar surface area (TPSA) is 59.0 Å². The fourth-order valence-electron chi connectivity index (χ4n) is 2.28. The van der Waals surface area contributed by atoms with Gasteiger partial charge in [0.05, 0.1) is 11.4 Å². The molecule has 0 bridgehead atoms. The largest absolute Gasteiger partial charge is 0.326 e. The third-order valence-electron chi connectivity index (χ3n) is 3.21. The number of aromatic nitrogens is 2. The van der Waals surface area contributed by atoms with Crippen molar-refractivity contribution < 1.29 is 4.79 Å². The van der Waals surface area contributed by atoms with Crippen molar-refractivity contribution in [3.05, 3.63) is 41.2 Å². The lowest BCUT2D eigenvalue weighted by molar-refractivity contribution is -0.114. The maximum Gasteiger partial charge on any atom is 0.221 e. The van der Waals surface area contributed by atoms with Crippen LogP contribution in [0.15, 0.2) is 24.3 Å². The summed E-state index contributed by atoms with van der Waals surface area (Å²) >= 11 is 0. The summed E-state index contributed by atoms with van der Waals surface area (Å²) in [7, 11) is 1.92. The molecule has 0 unspecified atom stereocenters. The van der Waals surface area contributed by atoms with E-state index in [2.05, 4.69) is 22.7 Å². The third-order valence-corrected chi connectivity index (χ3v) is 3.21. The minimum absolute atomic E-state index is 0.0774. The Morgan fingerprint density at radius 1 is 1.35 bits per heavy atom. The lowest BCUT2D eigenvalue weighted by atomic mass is 10.2. The number of nitrogens with zero attached hydrogens (tertiary/aromatic N) is 2. The highest BCUT2D eigenvalue weighted by Crippen LogP contribution is 2.20. The Hall–Kier alpha value is -2.14. The summed E-state index contributed by atoms with van der Waals surface area (Å²) in [6.07, 6.45) is 0. The predicted octanol–water partition coefficient (Wildman–Crippen LogP) is 2.17. The standard InChI is InChI=1S/C15H20N4O/c1-10-15(9-16-4)11(2)19(18-10)14-7-5-6-13(8-14)17-12(3)20/h5-8,16H,9H2,1-4H3,(H,17,20). The molecule has 20 heavy (non-hydrogen) atoms. The van der Waals surface area contributed by atoms with Gasteiger partial charge in [0, 0.05) is 30.4 Å². The van der Waals surface area contributed by atoms with Crippen molar-refractivity contribution in [1.82, 2.24) is 15.1 Å². The number of nitrogens with one attached hydrogen (secondary N) is 2. The third kappa shape index (κ3) is 2.88. The number of aryl methyl sites for hydroxylation is 1. The molecule has 2 rings (SSSR count). The predicted molar refractivity (Wildman–Crippen MR) is 80.1 cm³/mol. The highest BCUT2D eigenvalue weighted by molar-refractivity contribution is 5.88. The van der Waals surface area contributed by atoms with Gasteiger partial charge in [-0.2, -0.15) is 5.10 Å². The maximum absolute atomic E-state index is 11.1. The van der Waals surface area contributed by atoms with Gasteiger partial charge in [0.2, 0.25) is 5.91 Å². The van der Waals surface area contributed by atoms with Crippen LogP contribution >= 0.6 is 0 Å². The Morgan fingerprint density at radius 3 is 2.75 bits per heavy atom. The summed E-state index contributed by atoms with van der Waals surface area (Å²) < 4.78 is 1.91. The number of rotatable bonds is 4. The Morgan fingerprint density at radius 2 is 2.10 bits per heavy atom. The SMILES string of the molecule is CNCc1c(C)nn(-c2cccc(NC(C)=O)c2)c1C. The molecule has 0 atom stereocenters. The van der Waals surface area contributed by atoms with E-state index in [4.69, 9.17) is 0 Å². The molecule has 5 nitrogen and oxygen atoms in total. The number of carbonyl (C=O) groups is 1. The van der Waals surface area contributed by atoms with Gasteiger partial charge in [-0.3, -0.25) is 4.79 Å². The van der Waals surface area contributed by atoms with Crippen molar-refractivity contribution in [3.8, 4) is 5.69 Å². The molecule has 0 aliphatic carbocycles. The van der Waals surface area contributed by atoms with E-state index in [-0.39, 0.29) is 5.91 Å². The lowest BCUT2D eigenvalue weighted by Crippen LogP contribution is -2.08. The first-order valence-electron chi connectivity index (χ1n) is 6.60. The van der Waals surface area contributed by atoms with Crippen LogP contribution in [0.1, 0.15) is 23.9 Å². The van der Waals surface area contributed by atoms with Crippen LogP contribution in [0.4, 0.5) is 5.69 Å². The van der Waals surface area contributed by atoms with Gasteiger partial charge in [-0.05, 0) is 39.1 Å². The molecule has 0 spiro atoms. The fourth-order valence-corrected chi connectivity index (χ4v) is 2.28. The van der Waals surface area contributed by atoms with E-state index in [1.54, 1.807) is 0 Å².